The van der Waals surface area contributed by atoms with E-state index in [1.165, 1.54) is 19.0 Å². The minimum absolute atomic E-state index is 0.0456. The summed E-state index contributed by atoms with van der Waals surface area (Å²) in [6, 6.07) is 1.12. The summed E-state index contributed by atoms with van der Waals surface area (Å²) in [5, 5.41) is 8.78. The van der Waals surface area contributed by atoms with Crippen molar-refractivity contribution in [2.75, 3.05) is 26.2 Å². The molecule has 118 valence electrons. The fourth-order valence-corrected chi connectivity index (χ4v) is 3.45. The van der Waals surface area contributed by atoms with E-state index in [2.05, 4.69) is 14.6 Å². The number of nitrogens with one attached hydrogen (secondary N) is 2. The smallest absolute Gasteiger partial charge is 0.352 e. The van der Waals surface area contributed by atoms with Gasteiger partial charge in [0.05, 0.1) is 0 Å². The Balaban J connectivity index is 1.87. The molecule has 0 saturated carbocycles. The lowest BCUT2D eigenvalue weighted by atomic mass is 10.2. The lowest BCUT2D eigenvalue weighted by Crippen LogP contribution is -2.35. The number of aromatic amines is 1. The van der Waals surface area contributed by atoms with Gasteiger partial charge in [0.2, 0.25) is 10.0 Å². The van der Waals surface area contributed by atoms with Crippen molar-refractivity contribution in [2.45, 2.75) is 30.6 Å². The zero-order chi connectivity index (χ0) is 15.3. The van der Waals surface area contributed by atoms with E-state index >= 15 is 0 Å². The van der Waals surface area contributed by atoms with Gasteiger partial charge in [-0.1, -0.05) is 12.8 Å². The predicted octanol–water partition coefficient (Wildman–Crippen LogP) is 0.867. The maximum Gasteiger partial charge on any atom is 0.352 e. The molecule has 0 amide bonds. The van der Waals surface area contributed by atoms with Gasteiger partial charge in [-0.05, 0) is 32.0 Å². The molecule has 7 nitrogen and oxygen atoms in total. The topological polar surface area (TPSA) is 102 Å². The van der Waals surface area contributed by atoms with E-state index in [0.717, 1.165) is 32.0 Å². The molecule has 8 heteroatoms. The summed E-state index contributed by atoms with van der Waals surface area (Å²) in [5.74, 6) is -1.18. The summed E-state index contributed by atoms with van der Waals surface area (Å²) in [5.41, 5.74) is -0.136. The number of rotatable bonds is 6. The highest BCUT2D eigenvalue weighted by Gasteiger charge is 2.18. The molecule has 2 heterocycles. The molecule has 1 aliphatic rings. The lowest BCUT2D eigenvalue weighted by Gasteiger charge is -2.19. The average molecular weight is 315 g/mol. The Kier molecular flexibility index (Phi) is 5.38. The highest BCUT2D eigenvalue weighted by atomic mass is 32.2. The number of H-pyrrole nitrogens is 1. The van der Waals surface area contributed by atoms with Gasteiger partial charge in [0.1, 0.15) is 10.6 Å². The molecule has 1 fully saturated rings. The van der Waals surface area contributed by atoms with Gasteiger partial charge in [-0.15, -0.1) is 0 Å². The first-order valence-corrected chi connectivity index (χ1v) is 8.61. The van der Waals surface area contributed by atoms with E-state index in [1.807, 2.05) is 0 Å². The van der Waals surface area contributed by atoms with E-state index in [4.69, 9.17) is 5.11 Å². The van der Waals surface area contributed by atoms with Crippen LogP contribution < -0.4 is 4.72 Å². The van der Waals surface area contributed by atoms with Crippen LogP contribution in [-0.4, -0.2) is 55.6 Å². The van der Waals surface area contributed by atoms with Crippen LogP contribution in [-0.2, 0) is 10.0 Å². The molecule has 0 aliphatic carbocycles. The van der Waals surface area contributed by atoms with Gasteiger partial charge in [-0.2, -0.15) is 0 Å². The summed E-state index contributed by atoms with van der Waals surface area (Å²) in [7, 11) is -3.65. The van der Waals surface area contributed by atoms with Crippen molar-refractivity contribution < 1.29 is 18.3 Å². The van der Waals surface area contributed by atoms with Crippen molar-refractivity contribution in [3.05, 3.63) is 18.0 Å². The third-order valence-electron chi connectivity index (χ3n) is 3.62. The molecular weight excluding hydrogens is 294 g/mol. The van der Waals surface area contributed by atoms with Crippen molar-refractivity contribution in [1.82, 2.24) is 14.6 Å². The van der Waals surface area contributed by atoms with Gasteiger partial charge in [0.25, 0.3) is 0 Å². The monoisotopic (exact) mass is 315 g/mol. The Morgan fingerprint density at radius 3 is 2.52 bits per heavy atom. The number of sulfonamides is 1. The van der Waals surface area contributed by atoms with Gasteiger partial charge in [-0.25, -0.2) is 17.9 Å². The number of carboxylic acid groups (broad SMARTS) is 1. The molecular formula is C13H21N3O4S. The second-order valence-electron chi connectivity index (χ2n) is 5.21. The molecule has 21 heavy (non-hydrogen) atoms. The van der Waals surface area contributed by atoms with E-state index in [1.54, 1.807) is 0 Å². The molecule has 1 aromatic heterocycles. The van der Waals surface area contributed by atoms with Crippen LogP contribution in [0.4, 0.5) is 0 Å². The number of carboxylic acids is 1. The molecule has 3 N–H and O–H groups in total. The maximum absolute atomic E-state index is 12.0. The van der Waals surface area contributed by atoms with Crippen molar-refractivity contribution in [3.8, 4) is 0 Å². The second kappa shape index (κ2) is 7.06. The molecule has 0 spiro atoms. The largest absolute Gasteiger partial charge is 0.477 e. The van der Waals surface area contributed by atoms with Crippen molar-refractivity contribution in [2.24, 2.45) is 0 Å². The van der Waals surface area contributed by atoms with Gasteiger partial charge in [0, 0.05) is 19.3 Å². The lowest BCUT2D eigenvalue weighted by molar-refractivity contribution is 0.0691. The maximum atomic E-state index is 12.0. The fourth-order valence-electron chi connectivity index (χ4n) is 2.43. The summed E-state index contributed by atoms with van der Waals surface area (Å²) >= 11 is 0. The highest BCUT2D eigenvalue weighted by Crippen LogP contribution is 2.11. The number of aromatic nitrogens is 1. The quantitative estimate of drug-likeness (QED) is 0.723. The molecule has 0 atom stereocenters. The van der Waals surface area contributed by atoms with Crippen LogP contribution in [0.5, 0.6) is 0 Å². The first-order valence-electron chi connectivity index (χ1n) is 7.13. The third kappa shape index (κ3) is 4.55. The number of hydrogen-bond donors (Lipinski definition) is 3. The molecule has 2 rings (SSSR count). The molecule has 0 bridgehead atoms. The number of hydrogen-bond acceptors (Lipinski definition) is 4. The summed E-state index contributed by atoms with van der Waals surface area (Å²) < 4.78 is 26.6. The number of carbonyl (C=O) groups is 1. The van der Waals surface area contributed by atoms with Crippen LogP contribution in [0.2, 0.25) is 0 Å². The molecule has 1 saturated heterocycles. The predicted molar refractivity (Wildman–Crippen MR) is 77.8 cm³/mol. The minimum atomic E-state index is -3.65. The Labute approximate surface area is 124 Å². The zero-order valence-electron chi connectivity index (χ0n) is 11.8. The van der Waals surface area contributed by atoms with Crippen LogP contribution in [0.3, 0.4) is 0 Å². The first kappa shape index (κ1) is 16.0. The Bertz CT molecular complexity index is 574. The van der Waals surface area contributed by atoms with Crippen LogP contribution in [0.15, 0.2) is 17.2 Å². The zero-order valence-corrected chi connectivity index (χ0v) is 12.7. The molecule has 0 unspecified atom stereocenters. The standard InChI is InChI=1S/C13H21N3O4S/c17-13(18)12-9-11(10-14-12)21(19,20)15-5-8-16-6-3-1-2-4-7-16/h9-10,14-15H,1-8H2,(H,17,18). The van der Waals surface area contributed by atoms with E-state index in [-0.39, 0.29) is 10.6 Å². The molecule has 0 radical (unpaired) electrons. The molecule has 1 aromatic rings. The van der Waals surface area contributed by atoms with Gasteiger partial charge >= 0.3 is 5.97 Å². The fraction of sp³-hybridized carbons (Fsp3) is 0.615. The number of nitrogens with zero attached hydrogens (tertiary/aromatic N) is 1. The number of likely N-dealkylation sites (tertiary alicyclic amines) is 1. The Morgan fingerprint density at radius 1 is 1.29 bits per heavy atom. The van der Waals surface area contributed by atoms with Crippen molar-refractivity contribution in [1.29, 1.82) is 0 Å². The van der Waals surface area contributed by atoms with Crippen LogP contribution in [0, 0.1) is 0 Å². The molecule has 1 aliphatic heterocycles. The summed E-state index contributed by atoms with van der Waals surface area (Å²) in [4.78, 5) is 15.4. The van der Waals surface area contributed by atoms with E-state index in [9.17, 15) is 13.2 Å². The Hall–Kier alpha value is -1.38. The summed E-state index contributed by atoms with van der Waals surface area (Å²) in [6.07, 6.45) is 5.99. The normalized spacial score (nSPS) is 17.5. The van der Waals surface area contributed by atoms with Crippen molar-refractivity contribution >= 4 is 16.0 Å². The minimum Gasteiger partial charge on any atom is -0.477 e. The first-order chi connectivity index (χ1) is 9.99. The van der Waals surface area contributed by atoms with Gasteiger partial charge in [0.15, 0.2) is 0 Å². The van der Waals surface area contributed by atoms with E-state index < -0.39 is 16.0 Å². The third-order valence-corrected chi connectivity index (χ3v) is 5.06. The average Bonchev–Trinajstić information content (AvgIpc) is 2.80. The Morgan fingerprint density at radius 2 is 1.95 bits per heavy atom. The van der Waals surface area contributed by atoms with E-state index in [0.29, 0.717) is 13.1 Å². The number of aromatic carboxylic acids is 1. The van der Waals surface area contributed by atoms with Gasteiger partial charge in [-0.3, -0.25) is 0 Å². The van der Waals surface area contributed by atoms with Crippen molar-refractivity contribution in [3.63, 3.8) is 0 Å². The van der Waals surface area contributed by atoms with Crippen LogP contribution >= 0.6 is 0 Å². The SMILES string of the molecule is O=C(O)c1cc(S(=O)(=O)NCCN2CCCCCC2)c[nH]1. The second-order valence-corrected chi connectivity index (χ2v) is 6.97. The summed E-state index contributed by atoms with van der Waals surface area (Å²) in [6.45, 7) is 3.02. The van der Waals surface area contributed by atoms with Gasteiger partial charge < -0.3 is 15.0 Å². The highest BCUT2D eigenvalue weighted by molar-refractivity contribution is 7.89. The molecule has 0 aromatic carbocycles. The van der Waals surface area contributed by atoms with Crippen LogP contribution in [0.1, 0.15) is 36.2 Å². The van der Waals surface area contributed by atoms with Crippen LogP contribution in [0.25, 0.3) is 0 Å².